The molecular weight excluding hydrogens is 302 g/mol. The molecule has 0 spiro atoms. The van der Waals surface area contributed by atoms with Gasteiger partial charge in [-0.25, -0.2) is 8.78 Å². The van der Waals surface area contributed by atoms with Gasteiger partial charge in [0.05, 0.1) is 0 Å². The molecule has 1 fully saturated rings. The highest BCUT2D eigenvalue weighted by atomic mass is 19.2. The summed E-state index contributed by atoms with van der Waals surface area (Å²) in [5.74, 6) is -2.58. The molecule has 118 valence electrons. The molecule has 2 aromatic rings. The Morgan fingerprint density at radius 3 is 2.52 bits per heavy atom. The van der Waals surface area contributed by atoms with Gasteiger partial charge in [0.1, 0.15) is 6.04 Å². The van der Waals surface area contributed by atoms with Crippen molar-refractivity contribution in [1.82, 2.24) is 0 Å². The van der Waals surface area contributed by atoms with Crippen molar-refractivity contribution in [3.8, 4) is 0 Å². The number of nitrogens with one attached hydrogen (secondary N) is 1. The average molecular weight is 316 g/mol. The number of anilines is 2. The number of amides is 2. The van der Waals surface area contributed by atoms with E-state index in [0.29, 0.717) is 12.1 Å². The van der Waals surface area contributed by atoms with Crippen LogP contribution in [0.3, 0.4) is 0 Å². The van der Waals surface area contributed by atoms with Crippen LogP contribution in [-0.2, 0) is 9.59 Å². The Labute approximate surface area is 131 Å². The van der Waals surface area contributed by atoms with Crippen molar-refractivity contribution in [2.75, 3.05) is 10.2 Å². The second-order valence-corrected chi connectivity index (χ2v) is 5.27. The summed E-state index contributed by atoms with van der Waals surface area (Å²) in [7, 11) is 0. The SMILES string of the molecule is O=C(Nc1ccc(F)c(F)c1)C1CCC(=O)N1c1ccccc1. The van der Waals surface area contributed by atoms with Crippen molar-refractivity contribution in [2.24, 2.45) is 0 Å². The van der Waals surface area contributed by atoms with Crippen LogP contribution in [0.15, 0.2) is 48.5 Å². The zero-order valence-corrected chi connectivity index (χ0v) is 12.1. The van der Waals surface area contributed by atoms with Crippen LogP contribution >= 0.6 is 0 Å². The van der Waals surface area contributed by atoms with E-state index in [0.717, 1.165) is 12.1 Å². The van der Waals surface area contributed by atoms with E-state index in [4.69, 9.17) is 0 Å². The molecule has 23 heavy (non-hydrogen) atoms. The quantitative estimate of drug-likeness (QED) is 0.946. The molecule has 4 nitrogen and oxygen atoms in total. The second-order valence-electron chi connectivity index (χ2n) is 5.27. The van der Waals surface area contributed by atoms with Gasteiger partial charge in [-0.1, -0.05) is 18.2 Å². The lowest BCUT2D eigenvalue weighted by atomic mass is 10.2. The maximum absolute atomic E-state index is 13.2. The molecule has 0 saturated carbocycles. The number of para-hydroxylation sites is 1. The lowest BCUT2D eigenvalue weighted by Gasteiger charge is -2.24. The van der Waals surface area contributed by atoms with Gasteiger partial charge in [-0.05, 0) is 30.7 Å². The largest absolute Gasteiger partial charge is 0.324 e. The van der Waals surface area contributed by atoms with E-state index in [1.54, 1.807) is 24.3 Å². The fourth-order valence-corrected chi connectivity index (χ4v) is 2.64. The minimum absolute atomic E-state index is 0.137. The molecule has 0 aliphatic carbocycles. The molecule has 2 amide bonds. The maximum atomic E-state index is 13.2. The number of hydrogen-bond acceptors (Lipinski definition) is 2. The third-order valence-electron chi connectivity index (χ3n) is 3.74. The maximum Gasteiger partial charge on any atom is 0.247 e. The zero-order chi connectivity index (χ0) is 16.4. The molecule has 6 heteroatoms. The predicted octanol–water partition coefficient (Wildman–Crippen LogP) is 3.10. The van der Waals surface area contributed by atoms with Gasteiger partial charge in [0, 0.05) is 23.9 Å². The highest BCUT2D eigenvalue weighted by molar-refractivity contribution is 6.07. The number of halogens is 2. The average Bonchev–Trinajstić information content (AvgIpc) is 2.93. The standard InChI is InChI=1S/C17H14F2N2O2/c18-13-7-6-11(10-14(13)19)20-17(23)15-8-9-16(22)21(15)12-4-2-1-3-5-12/h1-7,10,15H,8-9H2,(H,20,23). The van der Waals surface area contributed by atoms with Crippen LogP contribution in [0, 0.1) is 11.6 Å². The Balaban J connectivity index is 1.80. The Kier molecular flexibility index (Phi) is 4.06. The molecule has 1 heterocycles. The summed E-state index contributed by atoms with van der Waals surface area (Å²) < 4.78 is 26.2. The van der Waals surface area contributed by atoms with E-state index in [-0.39, 0.29) is 18.0 Å². The second kappa shape index (κ2) is 6.16. The Bertz CT molecular complexity index is 750. The molecule has 2 aromatic carbocycles. The van der Waals surface area contributed by atoms with E-state index in [9.17, 15) is 18.4 Å². The summed E-state index contributed by atoms with van der Waals surface area (Å²) >= 11 is 0. The summed E-state index contributed by atoms with van der Waals surface area (Å²) in [6, 6.07) is 11.4. The van der Waals surface area contributed by atoms with Gasteiger partial charge in [-0.2, -0.15) is 0 Å². The van der Waals surface area contributed by atoms with Gasteiger partial charge in [0.2, 0.25) is 11.8 Å². The summed E-state index contributed by atoms with van der Waals surface area (Å²) in [5.41, 5.74) is 0.793. The summed E-state index contributed by atoms with van der Waals surface area (Å²) in [6.45, 7) is 0. The molecule has 0 aromatic heterocycles. The van der Waals surface area contributed by atoms with E-state index in [1.165, 1.54) is 11.0 Å². The molecule has 1 aliphatic heterocycles. The Morgan fingerprint density at radius 2 is 1.83 bits per heavy atom. The van der Waals surface area contributed by atoms with E-state index < -0.39 is 23.6 Å². The van der Waals surface area contributed by atoms with Crippen LogP contribution in [-0.4, -0.2) is 17.9 Å². The van der Waals surface area contributed by atoms with Crippen molar-refractivity contribution in [1.29, 1.82) is 0 Å². The molecule has 3 rings (SSSR count). The van der Waals surface area contributed by atoms with Crippen molar-refractivity contribution in [3.63, 3.8) is 0 Å². The van der Waals surface area contributed by atoms with Gasteiger partial charge < -0.3 is 5.32 Å². The monoisotopic (exact) mass is 316 g/mol. The summed E-state index contributed by atoms with van der Waals surface area (Å²) in [6.07, 6.45) is 0.647. The van der Waals surface area contributed by atoms with Crippen molar-refractivity contribution in [3.05, 3.63) is 60.2 Å². The fourth-order valence-electron chi connectivity index (χ4n) is 2.64. The number of benzene rings is 2. The van der Waals surface area contributed by atoms with Crippen LogP contribution in [0.2, 0.25) is 0 Å². The highest BCUT2D eigenvalue weighted by Gasteiger charge is 2.37. The van der Waals surface area contributed by atoms with Crippen molar-refractivity contribution in [2.45, 2.75) is 18.9 Å². The molecule has 1 atom stereocenters. The first-order valence-corrected chi connectivity index (χ1v) is 7.19. The van der Waals surface area contributed by atoms with Crippen molar-refractivity contribution >= 4 is 23.2 Å². The van der Waals surface area contributed by atoms with Gasteiger partial charge >= 0.3 is 0 Å². The van der Waals surface area contributed by atoms with Gasteiger partial charge in [0.15, 0.2) is 11.6 Å². The molecular formula is C17H14F2N2O2. The molecule has 1 N–H and O–H groups in total. The zero-order valence-electron chi connectivity index (χ0n) is 12.1. The predicted molar refractivity (Wildman–Crippen MR) is 81.9 cm³/mol. The Morgan fingerprint density at radius 1 is 1.09 bits per heavy atom. The fraction of sp³-hybridized carbons (Fsp3) is 0.176. The highest BCUT2D eigenvalue weighted by Crippen LogP contribution is 2.27. The normalized spacial score (nSPS) is 17.4. The minimum Gasteiger partial charge on any atom is -0.324 e. The summed E-state index contributed by atoms with van der Waals surface area (Å²) in [5, 5.41) is 2.53. The van der Waals surface area contributed by atoms with Crippen LogP contribution < -0.4 is 10.2 Å². The first-order chi connectivity index (χ1) is 11.1. The Hall–Kier alpha value is -2.76. The minimum atomic E-state index is -1.04. The van der Waals surface area contributed by atoms with Gasteiger partial charge in [-0.3, -0.25) is 14.5 Å². The lowest BCUT2D eigenvalue weighted by molar-refractivity contribution is -0.120. The third-order valence-corrected chi connectivity index (χ3v) is 3.74. The van der Waals surface area contributed by atoms with Crippen LogP contribution in [0.25, 0.3) is 0 Å². The topological polar surface area (TPSA) is 49.4 Å². The molecule has 0 bridgehead atoms. The number of nitrogens with zero attached hydrogens (tertiary/aromatic N) is 1. The number of rotatable bonds is 3. The smallest absolute Gasteiger partial charge is 0.247 e. The lowest BCUT2D eigenvalue weighted by Crippen LogP contribution is -2.41. The molecule has 0 radical (unpaired) electrons. The first kappa shape index (κ1) is 15.1. The van der Waals surface area contributed by atoms with E-state index >= 15 is 0 Å². The van der Waals surface area contributed by atoms with Gasteiger partial charge in [0.25, 0.3) is 0 Å². The van der Waals surface area contributed by atoms with Crippen LogP contribution in [0.5, 0.6) is 0 Å². The number of carbonyl (C=O) groups excluding carboxylic acids is 2. The third kappa shape index (κ3) is 3.06. The van der Waals surface area contributed by atoms with Crippen molar-refractivity contribution < 1.29 is 18.4 Å². The number of hydrogen-bond donors (Lipinski definition) is 1. The van der Waals surface area contributed by atoms with Crippen LogP contribution in [0.1, 0.15) is 12.8 Å². The molecule has 1 aliphatic rings. The molecule has 1 saturated heterocycles. The molecule has 1 unspecified atom stereocenters. The number of carbonyl (C=O) groups is 2. The first-order valence-electron chi connectivity index (χ1n) is 7.19. The van der Waals surface area contributed by atoms with E-state index in [2.05, 4.69) is 5.32 Å². The summed E-state index contributed by atoms with van der Waals surface area (Å²) in [4.78, 5) is 25.9. The van der Waals surface area contributed by atoms with E-state index in [1.807, 2.05) is 6.07 Å². The van der Waals surface area contributed by atoms with Gasteiger partial charge in [-0.15, -0.1) is 0 Å². The van der Waals surface area contributed by atoms with Crippen LogP contribution in [0.4, 0.5) is 20.2 Å².